The third kappa shape index (κ3) is 5.39. The summed E-state index contributed by atoms with van der Waals surface area (Å²) in [7, 11) is 1.71. The number of aromatic nitrogens is 2. The number of hydrogen-bond donors (Lipinski definition) is 1. The molecule has 0 bridgehead atoms. The first-order valence-corrected chi connectivity index (χ1v) is 9.92. The normalized spacial score (nSPS) is 17.6. The number of anilines is 2. The lowest BCUT2D eigenvalue weighted by molar-refractivity contribution is -0.122. The minimum atomic E-state index is -0.101. The number of rotatable bonds is 8. The van der Waals surface area contributed by atoms with E-state index < -0.39 is 0 Å². The Kier molecular flexibility index (Phi) is 7.98. The molecular weight excluding hydrogens is 344 g/mol. The van der Waals surface area contributed by atoms with Gasteiger partial charge in [0.15, 0.2) is 0 Å². The van der Waals surface area contributed by atoms with Crippen LogP contribution in [0.2, 0.25) is 0 Å². The lowest BCUT2D eigenvalue weighted by Crippen LogP contribution is -2.46. The largest absolute Gasteiger partial charge is 0.381 e. The van der Waals surface area contributed by atoms with Crippen LogP contribution < -0.4 is 10.2 Å². The van der Waals surface area contributed by atoms with Gasteiger partial charge in [0.2, 0.25) is 11.9 Å². The highest BCUT2D eigenvalue weighted by atomic mass is 16.5. The van der Waals surface area contributed by atoms with Gasteiger partial charge in [-0.15, -0.1) is 0 Å². The van der Waals surface area contributed by atoms with Crippen LogP contribution in [-0.4, -0.2) is 54.4 Å². The number of hydrogen-bond acceptors (Lipinski definition) is 6. The van der Waals surface area contributed by atoms with Gasteiger partial charge < -0.3 is 14.8 Å². The lowest BCUT2D eigenvalue weighted by Gasteiger charge is -2.35. The van der Waals surface area contributed by atoms with Gasteiger partial charge in [0.1, 0.15) is 5.82 Å². The Morgan fingerprint density at radius 3 is 2.59 bits per heavy atom. The van der Waals surface area contributed by atoms with Crippen molar-refractivity contribution in [1.82, 2.24) is 9.97 Å². The molecule has 1 aromatic heterocycles. The van der Waals surface area contributed by atoms with Crippen LogP contribution >= 0.6 is 0 Å². The molecule has 7 heteroatoms. The van der Waals surface area contributed by atoms with E-state index in [4.69, 9.17) is 14.5 Å². The fraction of sp³-hybridized carbons (Fsp3) is 0.750. The third-order valence-corrected chi connectivity index (χ3v) is 5.08. The van der Waals surface area contributed by atoms with Gasteiger partial charge in [0.25, 0.3) is 0 Å². The van der Waals surface area contributed by atoms with Crippen LogP contribution in [0.5, 0.6) is 0 Å². The monoisotopic (exact) mass is 378 g/mol. The molecule has 7 nitrogen and oxygen atoms in total. The fourth-order valence-corrected chi connectivity index (χ4v) is 3.45. The maximum atomic E-state index is 13.0. The summed E-state index contributed by atoms with van der Waals surface area (Å²) in [5, 5.41) is 3.33. The highest BCUT2D eigenvalue weighted by Crippen LogP contribution is 2.27. The number of ether oxygens (including phenoxy) is 2. The van der Waals surface area contributed by atoms with Crippen molar-refractivity contribution in [2.75, 3.05) is 30.5 Å². The molecule has 2 heterocycles. The van der Waals surface area contributed by atoms with E-state index in [1.54, 1.807) is 13.3 Å². The molecule has 2 atom stereocenters. The summed E-state index contributed by atoms with van der Waals surface area (Å²) in [6, 6.07) is 0.169. The molecule has 2 rings (SSSR count). The second-order valence-corrected chi connectivity index (χ2v) is 7.52. The van der Waals surface area contributed by atoms with Gasteiger partial charge in [-0.2, -0.15) is 4.98 Å². The Bertz CT molecular complexity index is 613. The van der Waals surface area contributed by atoms with Gasteiger partial charge in [0.05, 0.1) is 12.1 Å². The summed E-state index contributed by atoms with van der Waals surface area (Å²) in [4.78, 5) is 24.0. The summed E-state index contributed by atoms with van der Waals surface area (Å²) in [6.07, 6.45) is 4.39. The Labute approximate surface area is 162 Å². The first kappa shape index (κ1) is 21.6. The molecule has 0 aromatic carbocycles. The average Bonchev–Trinajstić information content (AvgIpc) is 2.66. The number of nitrogens with zero attached hydrogens (tertiary/aromatic N) is 3. The smallest absolute Gasteiger partial charge is 0.230 e. The fourth-order valence-electron chi connectivity index (χ4n) is 3.45. The Morgan fingerprint density at radius 2 is 2.04 bits per heavy atom. The number of carbonyl (C=O) groups excluding carboxylic acids is 1. The standard InChI is InChI=1S/C20H34N4O3/c1-7-17(26-6)15(5)22-20-21-12-14(4)18(23-20)24(19(25)13(2)3)16-8-10-27-11-9-16/h12-13,15-17H,7-11H2,1-6H3,(H,21,22,23)/t15-,17?/m0/s1. The van der Waals surface area contributed by atoms with Crippen molar-refractivity contribution in [3.05, 3.63) is 11.8 Å². The number of nitrogens with one attached hydrogen (secondary N) is 1. The van der Waals surface area contributed by atoms with Crippen molar-refractivity contribution in [2.45, 2.75) is 72.1 Å². The zero-order chi connectivity index (χ0) is 20.0. The second-order valence-electron chi connectivity index (χ2n) is 7.52. The van der Waals surface area contributed by atoms with Crippen molar-refractivity contribution in [2.24, 2.45) is 5.92 Å². The molecule has 152 valence electrons. The quantitative estimate of drug-likeness (QED) is 0.749. The molecule has 1 N–H and O–H groups in total. The van der Waals surface area contributed by atoms with Gasteiger partial charge >= 0.3 is 0 Å². The number of carbonyl (C=O) groups is 1. The zero-order valence-electron chi connectivity index (χ0n) is 17.5. The Balaban J connectivity index is 2.33. The predicted molar refractivity (Wildman–Crippen MR) is 107 cm³/mol. The van der Waals surface area contributed by atoms with E-state index in [1.807, 2.05) is 25.7 Å². The van der Waals surface area contributed by atoms with E-state index in [0.29, 0.717) is 25.0 Å². The first-order chi connectivity index (χ1) is 12.9. The first-order valence-electron chi connectivity index (χ1n) is 9.92. The van der Waals surface area contributed by atoms with Crippen molar-refractivity contribution in [3.63, 3.8) is 0 Å². The predicted octanol–water partition coefficient (Wildman–Crippen LogP) is 3.18. The van der Waals surface area contributed by atoms with Gasteiger partial charge in [-0.05, 0) is 33.1 Å². The van der Waals surface area contributed by atoms with E-state index in [0.717, 1.165) is 24.8 Å². The molecular formula is C20H34N4O3. The number of aryl methyl sites for hydroxylation is 1. The molecule has 1 aliphatic heterocycles. The van der Waals surface area contributed by atoms with Crippen molar-refractivity contribution in [3.8, 4) is 0 Å². The average molecular weight is 379 g/mol. The van der Waals surface area contributed by atoms with Crippen molar-refractivity contribution >= 4 is 17.7 Å². The van der Waals surface area contributed by atoms with Crippen LogP contribution in [-0.2, 0) is 14.3 Å². The van der Waals surface area contributed by atoms with E-state index in [-0.39, 0.29) is 30.0 Å². The lowest BCUT2D eigenvalue weighted by atomic mass is 10.0. The van der Waals surface area contributed by atoms with E-state index >= 15 is 0 Å². The number of methoxy groups -OCH3 is 1. The summed E-state index contributed by atoms with van der Waals surface area (Å²) in [5.41, 5.74) is 0.896. The van der Waals surface area contributed by atoms with Crippen LogP contribution in [0.4, 0.5) is 11.8 Å². The summed E-state index contributed by atoms with van der Waals surface area (Å²) >= 11 is 0. The molecule has 1 aliphatic rings. The van der Waals surface area contributed by atoms with Gasteiger partial charge in [0, 0.05) is 44.0 Å². The summed E-state index contributed by atoms with van der Waals surface area (Å²) in [6.45, 7) is 11.3. The zero-order valence-corrected chi connectivity index (χ0v) is 17.5. The molecule has 1 unspecified atom stereocenters. The summed E-state index contributed by atoms with van der Waals surface area (Å²) < 4.78 is 11.0. The molecule has 1 fully saturated rings. The SMILES string of the molecule is CCC(OC)[C@H](C)Nc1ncc(C)c(N(C(=O)C(C)C)C2CCOCC2)n1. The minimum Gasteiger partial charge on any atom is -0.381 e. The molecule has 27 heavy (non-hydrogen) atoms. The highest BCUT2D eigenvalue weighted by Gasteiger charge is 2.31. The van der Waals surface area contributed by atoms with Crippen LogP contribution in [0.3, 0.4) is 0 Å². The van der Waals surface area contributed by atoms with Gasteiger partial charge in [-0.1, -0.05) is 20.8 Å². The molecule has 1 amide bonds. The highest BCUT2D eigenvalue weighted by molar-refractivity contribution is 5.95. The Morgan fingerprint density at radius 1 is 1.37 bits per heavy atom. The van der Waals surface area contributed by atoms with Crippen LogP contribution in [0.1, 0.15) is 52.5 Å². The van der Waals surface area contributed by atoms with Gasteiger partial charge in [-0.25, -0.2) is 4.98 Å². The van der Waals surface area contributed by atoms with Crippen LogP contribution in [0.25, 0.3) is 0 Å². The van der Waals surface area contributed by atoms with E-state index in [2.05, 4.69) is 24.1 Å². The van der Waals surface area contributed by atoms with Gasteiger partial charge in [-0.3, -0.25) is 9.69 Å². The topological polar surface area (TPSA) is 76.6 Å². The molecule has 0 spiro atoms. The van der Waals surface area contributed by atoms with Crippen molar-refractivity contribution < 1.29 is 14.3 Å². The molecule has 0 aliphatic carbocycles. The molecule has 1 aromatic rings. The molecule has 0 saturated carbocycles. The molecule has 1 saturated heterocycles. The van der Waals surface area contributed by atoms with Crippen LogP contribution in [0, 0.1) is 12.8 Å². The Hall–Kier alpha value is -1.73. The minimum absolute atomic E-state index is 0.0629. The third-order valence-electron chi connectivity index (χ3n) is 5.08. The van der Waals surface area contributed by atoms with Crippen LogP contribution in [0.15, 0.2) is 6.20 Å². The summed E-state index contributed by atoms with van der Waals surface area (Å²) in [5.74, 6) is 1.20. The maximum Gasteiger partial charge on any atom is 0.230 e. The van der Waals surface area contributed by atoms with E-state index in [9.17, 15) is 4.79 Å². The number of amides is 1. The molecule has 0 radical (unpaired) electrons. The maximum absolute atomic E-state index is 13.0. The van der Waals surface area contributed by atoms with Crippen molar-refractivity contribution in [1.29, 1.82) is 0 Å². The second kappa shape index (κ2) is 9.99. The van der Waals surface area contributed by atoms with E-state index in [1.165, 1.54) is 0 Å².